The smallest absolute Gasteiger partial charge is 0.224 e. The van der Waals surface area contributed by atoms with E-state index in [9.17, 15) is 4.79 Å². The molecule has 0 saturated carbocycles. The van der Waals surface area contributed by atoms with Crippen molar-refractivity contribution < 1.29 is 4.79 Å². The third kappa shape index (κ3) is 4.68. The first kappa shape index (κ1) is 16.3. The molecule has 0 spiro atoms. The van der Waals surface area contributed by atoms with Crippen molar-refractivity contribution in [1.82, 2.24) is 10.6 Å². The van der Waals surface area contributed by atoms with Gasteiger partial charge in [-0.3, -0.25) is 4.79 Å². The predicted molar refractivity (Wildman–Crippen MR) is 80.9 cm³/mol. The van der Waals surface area contributed by atoms with Gasteiger partial charge in [0.15, 0.2) is 0 Å². The van der Waals surface area contributed by atoms with Gasteiger partial charge in [-0.1, -0.05) is 23.7 Å². The van der Waals surface area contributed by atoms with Crippen molar-refractivity contribution >= 4 is 29.9 Å². The van der Waals surface area contributed by atoms with Gasteiger partial charge in [-0.25, -0.2) is 0 Å². The fraction of sp³-hybridized carbons (Fsp3) is 0.500. The van der Waals surface area contributed by atoms with E-state index in [-0.39, 0.29) is 30.3 Å². The summed E-state index contributed by atoms with van der Waals surface area (Å²) in [6.07, 6.45) is 2.05. The first-order valence-electron chi connectivity index (χ1n) is 6.43. The number of piperidine rings is 1. The topological polar surface area (TPSA) is 41.1 Å². The molecular formula is C14H20Cl2N2O. The second-order valence-electron chi connectivity index (χ2n) is 4.83. The molecule has 1 saturated heterocycles. The van der Waals surface area contributed by atoms with E-state index in [0.29, 0.717) is 5.02 Å². The molecule has 0 aromatic heterocycles. The number of halogens is 2. The molecule has 1 fully saturated rings. The summed E-state index contributed by atoms with van der Waals surface area (Å²) in [6, 6.07) is 7.62. The molecular weight excluding hydrogens is 283 g/mol. The third-order valence-electron chi connectivity index (χ3n) is 3.38. The number of carbonyl (C=O) groups excluding carboxylic acids is 1. The number of nitrogens with one attached hydrogen (secondary N) is 2. The highest BCUT2D eigenvalue weighted by atomic mass is 35.5. The number of carbonyl (C=O) groups is 1. The quantitative estimate of drug-likeness (QED) is 0.901. The first-order chi connectivity index (χ1) is 8.66. The minimum atomic E-state index is -0.00173. The summed E-state index contributed by atoms with van der Waals surface area (Å²) in [4.78, 5) is 12.1. The Labute approximate surface area is 125 Å². The van der Waals surface area contributed by atoms with Crippen LogP contribution in [0.1, 0.15) is 31.4 Å². The molecule has 106 valence electrons. The molecule has 1 heterocycles. The zero-order valence-electron chi connectivity index (χ0n) is 11.0. The lowest BCUT2D eigenvalue weighted by molar-refractivity contribution is -0.126. The van der Waals surface area contributed by atoms with Crippen molar-refractivity contribution in [1.29, 1.82) is 0 Å². The lowest BCUT2D eigenvalue weighted by Crippen LogP contribution is -2.41. The summed E-state index contributed by atoms with van der Waals surface area (Å²) in [5.74, 6) is 0.232. The second-order valence-corrected chi connectivity index (χ2v) is 5.26. The molecule has 1 aromatic carbocycles. The molecule has 5 heteroatoms. The number of amides is 1. The van der Waals surface area contributed by atoms with Gasteiger partial charge in [-0.15, -0.1) is 12.4 Å². The van der Waals surface area contributed by atoms with Crippen LogP contribution in [0.3, 0.4) is 0 Å². The lowest BCUT2D eigenvalue weighted by Gasteiger charge is -2.24. The van der Waals surface area contributed by atoms with Crippen LogP contribution in [0.2, 0.25) is 5.02 Å². The Bertz CT molecular complexity index is 420. The normalized spacial score (nSPS) is 20.2. The Morgan fingerprint density at radius 1 is 1.53 bits per heavy atom. The second kappa shape index (κ2) is 7.73. The molecule has 1 amide bonds. The van der Waals surface area contributed by atoms with Gasteiger partial charge in [0, 0.05) is 11.6 Å². The summed E-state index contributed by atoms with van der Waals surface area (Å²) in [5.41, 5.74) is 1.04. The van der Waals surface area contributed by atoms with Crippen LogP contribution in [0.15, 0.2) is 24.3 Å². The van der Waals surface area contributed by atoms with Crippen molar-refractivity contribution in [2.45, 2.75) is 25.8 Å². The summed E-state index contributed by atoms with van der Waals surface area (Å²) < 4.78 is 0. The van der Waals surface area contributed by atoms with Gasteiger partial charge >= 0.3 is 0 Å². The first-order valence-corrected chi connectivity index (χ1v) is 6.81. The molecule has 1 aromatic rings. The maximum Gasteiger partial charge on any atom is 0.224 e. The summed E-state index contributed by atoms with van der Waals surface area (Å²) >= 11 is 5.95. The van der Waals surface area contributed by atoms with E-state index >= 15 is 0 Å². The zero-order valence-corrected chi connectivity index (χ0v) is 12.6. The van der Waals surface area contributed by atoms with Crippen molar-refractivity contribution in [2.75, 3.05) is 13.1 Å². The van der Waals surface area contributed by atoms with Gasteiger partial charge in [0.25, 0.3) is 0 Å². The van der Waals surface area contributed by atoms with E-state index < -0.39 is 0 Å². The molecule has 3 nitrogen and oxygen atoms in total. The standard InChI is InChI=1S/C14H19ClN2O.ClH/c1-10(11-4-2-6-13(15)8-11)17-14(18)12-5-3-7-16-9-12;/h2,4,6,8,10,12,16H,3,5,7,9H2,1H3,(H,17,18);1H/t10-,12?;/m1./s1. The molecule has 0 radical (unpaired) electrons. The molecule has 2 atom stereocenters. The average molecular weight is 303 g/mol. The Morgan fingerprint density at radius 3 is 2.95 bits per heavy atom. The van der Waals surface area contributed by atoms with Crippen LogP contribution in [0.5, 0.6) is 0 Å². The molecule has 19 heavy (non-hydrogen) atoms. The lowest BCUT2D eigenvalue weighted by atomic mass is 9.98. The van der Waals surface area contributed by atoms with E-state index in [1.807, 2.05) is 31.2 Å². The highest BCUT2D eigenvalue weighted by Crippen LogP contribution is 2.18. The van der Waals surface area contributed by atoms with Crippen molar-refractivity contribution in [3.8, 4) is 0 Å². The molecule has 1 aliphatic rings. The van der Waals surface area contributed by atoms with Gasteiger partial charge in [0.2, 0.25) is 5.91 Å². The predicted octanol–water partition coefficient (Wildman–Crippen LogP) is 2.94. The summed E-state index contributed by atoms with van der Waals surface area (Å²) in [7, 11) is 0. The fourth-order valence-corrected chi connectivity index (χ4v) is 2.46. The number of benzene rings is 1. The van der Waals surface area contributed by atoms with Gasteiger partial charge < -0.3 is 10.6 Å². The van der Waals surface area contributed by atoms with Gasteiger partial charge in [0.05, 0.1) is 12.0 Å². The van der Waals surface area contributed by atoms with Crippen molar-refractivity contribution in [3.05, 3.63) is 34.9 Å². The van der Waals surface area contributed by atoms with E-state index in [4.69, 9.17) is 11.6 Å². The Morgan fingerprint density at radius 2 is 2.32 bits per heavy atom. The van der Waals surface area contributed by atoms with Crippen LogP contribution in [0, 0.1) is 5.92 Å². The highest BCUT2D eigenvalue weighted by molar-refractivity contribution is 6.30. The largest absolute Gasteiger partial charge is 0.349 e. The van der Waals surface area contributed by atoms with Crippen LogP contribution in [0.25, 0.3) is 0 Å². The minimum absolute atomic E-state index is 0. The van der Waals surface area contributed by atoms with Crippen LogP contribution >= 0.6 is 24.0 Å². The van der Waals surface area contributed by atoms with Crippen LogP contribution in [0.4, 0.5) is 0 Å². The monoisotopic (exact) mass is 302 g/mol. The van der Waals surface area contributed by atoms with Crippen molar-refractivity contribution in [2.24, 2.45) is 5.92 Å². The third-order valence-corrected chi connectivity index (χ3v) is 3.61. The Hall–Kier alpha value is -0.770. The summed E-state index contributed by atoms with van der Waals surface area (Å²) in [6.45, 7) is 3.79. The van der Waals surface area contributed by atoms with E-state index in [1.54, 1.807) is 0 Å². The molecule has 2 rings (SSSR count). The zero-order chi connectivity index (χ0) is 13.0. The van der Waals surface area contributed by atoms with Crippen molar-refractivity contribution in [3.63, 3.8) is 0 Å². The SMILES string of the molecule is C[C@@H](NC(=O)C1CCCNC1)c1cccc(Cl)c1.Cl. The maximum absolute atomic E-state index is 12.1. The number of rotatable bonds is 3. The maximum atomic E-state index is 12.1. The molecule has 1 unspecified atom stereocenters. The number of hydrogen-bond donors (Lipinski definition) is 2. The summed E-state index contributed by atoms with van der Waals surface area (Å²) in [5, 5.41) is 7.01. The van der Waals surface area contributed by atoms with E-state index in [0.717, 1.165) is 31.5 Å². The van der Waals surface area contributed by atoms with E-state index in [1.165, 1.54) is 0 Å². The van der Waals surface area contributed by atoms with Gasteiger partial charge in [0.1, 0.15) is 0 Å². The number of hydrogen-bond acceptors (Lipinski definition) is 2. The van der Waals surface area contributed by atoms with Gasteiger partial charge in [-0.05, 0) is 44.0 Å². The molecule has 1 aliphatic heterocycles. The highest BCUT2D eigenvalue weighted by Gasteiger charge is 2.22. The van der Waals surface area contributed by atoms with Crippen LogP contribution in [-0.4, -0.2) is 19.0 Å². The van der Waals surface area contributed by atoms with Gasteiger partial charge in [-0.2, -0.15) is 0 Å². The van der Waals surface area contributed by atoms with Crippen LogP contribution in [-0.2, 0) is 4.79 Å². The van der Waals surface area contributed by atoms with E-state index in [2.05, 4.69) is 10.6 Å². The Kier molecular flexibility index (Phi) is 6.63. The molecule has 0 aliphatic carbocycles. The fourth-order valence-electron chi connectivity index (χ4n) is 2.27. The minimum Gasteiger partial charge on any atom is -0.349 e. The Balaban J connectivity index is 0.00000180. The van der Waals surface area contributed by atoms with Crippen LogP contribution < -0.4 is 10.6 Å². The average Bonchev–Trinajstić information content (AvgIpc) is 2.39. The molecule has 0 bridgehead atoms. The molecule has 2 N–H and O–H groups in total.